The highest BCUT2D eigenvalue weighted by atomic mass is 32.2. The third kappa shape index (κ3) is 6.51. The summed E-state index contributed by atoms with van der Waals surface area (Å²) in [4.78, 5) is 60.4. The molecular formula is C31H49N5O6S. The standard InChI is InChI=1S/C31H49N5O6S/c1-6-8-15-35-26(38)24(25(32-3)43-7-2)27(39)36(29(35)41)23-9-13-30(14-10-23)19-31(20-30,28(40)33(4)21-37)34(5)18-22-11-16-42-17-12-22/h21-23,38H,6-20H2,1-5H3. The minimum absolute atomic E-state index is 0.0848. The fourth-order valence-corrected chi connectivity index (χ4v) is 8.26. The largest absolute Gasteiger partial charge is 0.494 e. The van der Waals surface area contributed by atoms with Gasteiger partial charge in [0.15, 0.2) is 0 Å². The third-order valence-electron chi connectivity index (χ3n) is 9.98. The Morgan fingerprint density at radius 1 is 1.14 bits per heavy atom. The second kappa shape index (κ2) is 14.1. The van der Waals surface area contributed by atoms with Gasteiger partial charge < -0.3 is 9.84 Å². The van der Waals surface area contributed by atoms with E-state index in [1.807, 2.05) is 20.9 Å². The van der Waals surface area contributed by atoms with Crippen molar-refractivity contribution in [2.45, 2.75) is 96.2 Å². The van der Waals surface area contributed by atoms with E-state index in [0.29, 0.717) is 61.8 Å². The number of nitrogens with zero attached hydrogens (tertiary/aromatic N) is 5. The van der Waals surface area contributed by atoms with Crippen LogP contribution in [0, 0.1) is 11.3 Å². The van der Waals surface area contributed by atoms with Crippen LogP contribution in [0.25, 0.3) is 0 Å². The maximum absolute atomic E-state index is 13.8. The topological polar surface area (TPSA) is 126 Å². The Bertz CT molecular complexity index is 1300. The summed E-state index contributed by atoms with van der Waals surface area (Å²) < 4.78 is 8.21. The van der Waals surface area contributed by atoms with Gasteiger partial charge in [-0.15, -0.1) is 11.8 Å². The van der Waals surface area contributed by atoms with Crippen LogP contribution < -0.4 is 11.2 Å². The minimum atomic E-state index is -0.736. The molecule has 0 unspecified atom stereocenters. The summed E-state index contributed by atoms with van der Waals surface area (Å²) in [6.07, 6.45) is 8.18. The number of hydrogen-bond acceptors (Lipinski definition) is 9. The zero-order valence-corrected chi connectivity index (χ0v) is 27.3. The molecule has 1 aliphatic heterocycles. The summed E-state index contributed by atoms with van der Waals surface area (Å²) in [5.41, 5.74) is -1.68. The van der Waals surface area contributed by atoms with E-state index in [1.54, 1.807) is 7.05 Å². The van der Waals surface area contributed by atoms with Gasteiger partial charge in [-0.1, -0.05) is 20.3 Å². The normalized spacial score (nSPS) is 26.5. The van der Waals surface area contributed by atoms with Crippen molar-refractivity contribution >= 4 is 29.1 Å². The molecule has 2 saturated carbocycles. The van der Waals surface area contributed by atoms with E-state index in [4.69, 9.17) is 4.74 Å². The predicted molar refractivity (Wildman–Crippen MR) is 169 cm³/mol. The molecule has 2 amide bonds. The Hall–Kier alpha value is -2.44. The molecule has 1 saturated heterocycles. The van der Waals surface area contributed by atoms with Crippen molar-refractivity contribution in [3.05, 3.63) is 26.4 Å². The number of unbranched alkanes of at least 4 members (excludes halogenated alkanes) is 1. The number of carbonyl (C=O) groups excluding carboxylic acids is 2. The van der Waals surface area contributed by atoms with E-state index in [2.05, 4.69) is 9.89 Å². The molecular weight excluding hydrogens is 570 g/mol. The number of aromatic nitrogens is 2. The Kier molecular flexibility index (Phi) is 11.0. The molecule has 0 atom stereocenters. The van der Waals surface area contributed by atoms with Crippen LogP contribution in [-0.2, 0) is 20.9 Å². The van der Waals surface area contributed by atoms with Gasteiger partial charge in [0.05, 0.1) is 0 Å². The van der Waals surface area contributed by atoms with Crippen LogP contribution in [0.4, 0.5) is 0 Å². The van der Waals surface area contributed by atoms with Gasteiger partial charge in [0.2, 0.25) is 18.2 Å². The number of aliphatic imine (C=N–C) groups is 1. The van der Waals surface area contributed by atoms with Gasteiger partial charge in [-0.3, -0.25) is 38.3 Å². The molecule has 2 aliphatic carbocycles. The number of hydrogen-bond donors (Lipinski definition) is 1. The summed E-state index contributed by atoms with van der Waals surface area (Å²) in [7, 11) is 5.13. The first kappa shape index (κ1) is 33.5. The van der Waals surface area contributed by atoms with Crippen LogP contribution in [0.1, 0.15) is 89.7 Å². The fraction of sp³-hybridized carbons (Fsp3) is 0.774. The molecule has 0 aromatic carbocycles. The lowest BCUT2D eigenvalue weighted by Gasteiger charge is -2.61. The van der Waals surface area contributed by atoms with Gasteiger partial charge >= 0.3 is 5.69 Å². The summed E-state index contributed by atoms with van der Waals surface area (Å²) >= 11 is 1.37. The van der Waals surface area contributed by atoms with Crippen molar-refractivity contribution in [2.75, 3.05) is 46.7 Å². The second-order valence-corrected chi connectivity index (χ2v) is 14.0. The number of ether oxygens (including phenoxy) is 1. The van der Waals surface area contributed by atoms with Gasteiger partial charge in [0.1, 0.15) is 16.1 Å². The van der Waals surface area contributed by atoms with Crippen LogP contribution in [0.15, 0.2) is 14.6 Å². The first-order valence-electron chi connectivity index (χ1n) is 15.8. The lowest BCUT2D eigenvalue weighted by atomic mass is 9.50. The molecule has 11 nitrogen and oxygen atoms in total. The highest BCUT2D eigenvalue weighted by molar-refractivity contribution is 8.14. The molecule has 240 valence electrons. The maximum atomic E-state index is 13.8. The van der Waals surface area contributed by atoms with E-state index in [-0.39, 0.29) is 28.8 Å². The zero-order chi connectivity index (χ0) is 31.4. The smallest absolute Gasteiger partial charge is 0.334 e. The van der Waals surface area contributed by atoms with Crippen LogP contribution in [-0.4, -0.2) is 93.6 Å². The van der Waals surface area contributed by atoms with Crippen molar-refractivity contribution in [1.82, 2.24) is 18.9 Å². The van der Waals surface area contributed by atoms with Crippen molar-refractivity contribution in [3.63, 3.8) is 0 Å². The molecule has 4 rings (SSSR count). The first-order valence-corrected chi connectivity index (χ1v) is 16.8. The molecule has 3 fully saturated rings. The highest BCUT2D eigenvalue weighted by Crippen LogP contribution is 2.60. The monoisotopic (exact) mass is 619 g/mol. The predicted octanol–water partition coefficient (Wildman–Crippen LogP) is 3.25. The molecule has 1 spiro atoms. The number of amides is 2. The van der Waals surface area contributed by atoms with Crippen LogP contribution >= 0.6 is 11.8 Å². The molecule has 1 aromatic heterocycles. The van der Waals surface area contributed by atoms with Gasteiger partial charge in [-0.2, -0.15) is 0 Å². The van der Waals surface area contributed by atoms with Crippen LogP contribution in [0.5, 0.6) is 5.88 Å². The van der Waals surface area contributed by atoms with E-state index >= 15 is 0 Å². The summed E-state index contributed by atoms with van der Waals surface area (Å²) in [6.45, 7) is 6.55. The quantitative estimate of drug-likeness (QED) is 0.227. The minimum Gasteiger partial charge on any atom is -0.494 e. The lowest BCUT2D eigenvalue weighted by Crippen LogP contribution is -2.69. The molecule has 0 bridgehead atoms. The number of imide groups is 1. The summed E-state index contributed by atoms with van der Waals surface area (Å²) in [5.74, 6) is 0.657. The van der Waals surface area contributed by atoms with Gasteiger partial charge in [0, 0.05) is 46.4 Å². The van der Waals surface area contributed by atoms with Crippen LogP contribution in [0.3, 0.4) is 0 Å². The SMILES string of the molecule is CCCCn1c(O)c(C(=NC)SCC)c(=O)n(C2CCC3(CC2)CC(C(=O)N(C)C=O)(N(C)CC2CCOCC2)C3)c1=O. The summed E-state index contributed by atoms with van der Waals surface area (Å²) in [5, 5.41) is 11.5. The second-order valence-electron chi connectivity index (χ2n) is 12.7. The number of aromatic hydroxyl groups is 1. The molecule has 1 aromatic rings. The maximum Gasteiger partial charge on any atom is 0.334 e. The van der Waals surface area contributed by atoms with Crippen molar-refractivity contribution in [3.8, 4) is 5.88 Å². The summed E-state index contributed by atoms with van der Waals surface area (Å²) in [6, 6.07) is -0.300. The van der Waals surface area contributed by atoms with Gasteiger partial charge in [0.25, 0.3) is 5.56 Å². The molecule has 3 aliphatic rings. The van der Waals surface area contributed by atoms with E-state index < -0.39 is 16.8 Å². The number of thioether (sulfide) groups is 1. The van der Waals surface area contributed by atoms with Crippen molar-refractivity contribution in [2.24, 2.45) is 16.3 Å². The van der Waals surface area contributed by atoms with E-state index in [1.165, 1.54) is 32.8 Å². The molecule has 43 heavy (non-hydrogen) atoms. The Morgan fingerprint density at radius 2 is 1.79 bits per heavy atom. The third-order valence-corrected chi connectivity index (χ3v) is 10.9. The molecule has 0 radical (unpaired) electrons. The lowest BCUT2D eigenvalue weighted by molar-refractivity contribution is -0.168. The van der Waals surface area contributed by atoms with Crippen LogP contribution in [0.2, 0.25) is 0 Å². The average Bonchev–Trinajstić information content (AvgIpc) is 2.99. The number of rotatable bonds is 11. The first-order chi connectivity index (χ1) is 20.6. The van der Waals surface area contributed by atoms with Crippen molar-refractivity contribution < 1.29 is 19.4 Å². The Morgan fingerprint density at radius 3 is 2.35 bits per heavy atom. The zero-order valence-electron chi connectivity index (χ0n) is 26.5. The number of carbonyl (C=O) groups is 2. The number of likely N-dealkylation sites (N-methyl/N-ethyl adjacent to an activating group) is 2. The van der Waals surface area contributed by atoms with E-state index in [0.717, 1.165) is 51.9 Å². The van der Waals surface area contributed by atoms with Gasteiger partial charge in [-0.25, -0.2) is 4.79 Å². The molecule has 1 N–H and O–H groups in total. The van der Waals surface area contributed by atoms with E-state index in [9.17, 15) is 24.3 Å². The Balaban J connectivity index is 1.59. The van der Waals surface area contributed by atoms with Crippen molar-refractivity contribution in [1.29, 1.82) is 0 Å². The highest BCUT2D eigenvalue weighted by Gasteiger charge is 2.62. The van der Waals surface area contributed by atoms with Gasteiger partial charge in [-0.05, 0) is 81.9 Å². The molecule has 12 heteroatoms. The Labute approximate surface area is 258 Å². The molecule has 2 heterocycles. The fourth-order valence-electron chi connectivity index (χ4n) is 7.54. The average molecular weight is 620 g/mol.